The summed E-state index contributed by atoms with van der Waals surface area (Å²) in [5.74, 6) is 2.03. The van der Waals surface area contributed by atoms with Gasteiger partial charge in [0.2, 0.25) is 0 Å². The van der Waals surface area contributed by atoms with E-state index in [4.69, 9.17) is 0 Å². The van der Waals surface area contributed by atoms with Crippen LogP contribution in [0.1, 0.15) is 32.4 Å². The van der Waals surface area contributed by atoms with Gasteiger partial charge in [-0.1, -0.05) is 26.0 Å². The largest absolute Gasteiger partial charge is 0.508 e. The molecule has 0 radical (unpaired) electrons. The zero-order valence-corrected chi connectivity index (χ0v) is 14.0. The minimum absolute atomic E-state index is 0.223. The number of nitrogens with zero attached hydrogens (tertiary/aromatic N) is 2. The van der Waals surface area contributed by atoms with Crippen molar-refractivity contribution in [2.24, 2.45) is 0 Å². The van der Waals surface area contributed by atoms with E-state index >= 15 is 0 Å². The fraction of sp³-hybridized carbons (Fsp3) is 0.333. The molecule has 5 heteroatoms. The first-order valence-corrected chi connectivity index (χ1v) is 7.71. The van der Waals surface area contributed by atoms with Crippen molar-refractivity contribution in [3.05, 3.63) is 33.5 Å². The maximum atomic E-state index is 9.61. The van der Waals surface area contributed by atoms with Gasteiger partial charge in [0.05, 0.1) is 9.26 Å². The normalized spacial score (nSPS) is 10.8. The summed E-state index contributed by atoms with van der Waals surface area (Å²) in [5.41, 5.74) is 1.84. The number of halogens is 1. The topological polar surface area (TPSA) is 58.0 Å². The van der Waals surface area contributed by atoms with Crippen LogP contribution in [0.3, 0.4) is 0 Å². The Balaban J connectivity index is 2.58. The molecule has 0 unspecified atom stereocenters. The number of phenols is 1. The fourth-order valence-electron chi connectivity index (χ4n) is 1.91. The van der Waals surface area contributed by atoms with Gasteiger partial charge in [-0.15, -0.1) is 0 Å². The molecule has 0 aliphatic carbocycles. The molecule has 0 aliphatic heterocycles. The van der Waals surface area contributed by atoms with E-state index < -0.39 is 0 Å². The van der Waals surface area contributed by atoms with E-state index in [0.717, 1.165) is 27.2 Å². The molecule has 0 fully saturated rings. The minimum atomic E-state index is 0.223. The maximum absolute atomic E-state index is 9.61. The molecule has 0 saturated carbocycles. The molecule has 1 heterocycles. The van der Waals surface area contributed by atoms with Crippen LogP contribution < -0.4 is 5.32 Å². The summed E-state index contributed by atoms with van der Waals surface area (Å²) in [6, 6.07) is 7.03. The molecule has 2 rings (SSSR count). The number of hydrogen-bond acceptors (Lipinski definition) is 4. The van der Waals surface area contributed by atoms with Crippen LogP contribution in [0.2, 0.25) is 0 Å². The number of nitrogens with one attached hydrogen (secondary N) is 1. The standard InChI is InChI=1S/C15H18IN3O/c1-4-17-15-12(16)13(9(2)3)18-14(19-15)10-6-5-7-11(20)8-10/h5-9,20H,4H2,1-3H3,(H,17,18,19). The summed E-state index contributed by atoms with van der Waals surface area (Å²) in [7, 11) is 0. The van der Waals surface area contributed by atoms with Gasteiger partial charge in [-0.25, -0.2) is 9.97 Å². The predicted molar refractivity (Wildman–Crippen MR) is 90.1 cm³/mol. The van der Waals surface area contributed by atoms with Gasteiger partial charge in [-0.05, 0) is 47.6 Å². The highest BCUT2D eigenvalue weighted by atomic mass is 127. The first-order valence-electron chi connectivity index (χ1n) is 6.63. The Morgan fingerprint density at radius 1 is 1.30 bits per heavy atom. The smallest absolute Gasteiger partial charge is 0.161 e. The van der Waals surface area contributed by atoms with Crippen LogP contribution in [0.25, 0.3) is 11.4 Å². The van der Waals surface area contributed by atoms with Crippen LogP contribution in [0.5, 0.6) is 5.75 Å². The van der Waals surface area contributed by atoms with E-state index in [0.29, 0.717) is 11.7 Å². The molecular formula is C15H18IN3O. The summed E-state index contributed by atoms with van der Waals surface area (Å²) in [6.07, 6.45) is 0. The minimum Gasteiger partial charge on any atom is -0.508 e. The highest BCUT2D eigenvalue weighted by molar-refractivity contribution is 14.1. The number of phenolic OH excluding ortho intramolecular Hbond substituents is 1. The van der Waals surface area contributed by atoms with Crippen molar-refractivity contribution < 1.29 is 5.11 Å². The fourth-order valence-corrected chi connectivity index (χ4v) is 2.96. The molecule has 0 atom stereocenters. The zero-order valence-electron chi connectivity index (χ0n) is 11.8. The van der Waals surface area contributed by atoms with Crippen LogP contribution in [0.15, 0.2) is 24.3 Å². The van der Waals surface area contributed by atoms with Crippen molar-refractivity contribution >= 4 is 28.4 Å². The van der Waals surface area contributed by atoms with Crippen LogP contribution in [-0.4, -0.2) is 21.6 Å². The van der Waals surface area contributed by atoms with Gasteiger partial charge in [-0.2, -0.15) is 0 Å². The summed E-state index contributed by atoms with van der Waals surface area (Å²) in [6.45, 7) is 7.09. The Kier molecular flexibility index (Phi) is 4.80. The Morgan fingerprint density at radius 2 is 2.05 bits per heavy atom. The number of anilines is 1. The molecule has 4 nitrogen and oxygen atoms in total. The van der Waals surface area contributed by atoms with Gasteiger partial charge in [0.25, 0.3) is 0 Å². The van der Waals surface area contributed by atoms with Crippen LogP contribution >= 0.6 is 22.6 Å². The number of aromatic hydroxyl groups is 1. The lowest BCUT2D eigenvalue weighted by Gasteiger charge is -2.14. The monoisotopic (exact) mass is 383 g/mol. The number of rotatable bonds is 4. The highest BCUT2D eigenvalue weighted by Crippen LogP contribution is 2.29. The molecule has 1 aromatic carbocycles. The van der Waals surface area contributed by atoms with Gasteiger partial charge < -0.3 is 10.4 Å². The van der Waals surface area contributed by atoms with E-state index in [2.05, 4.69) is 51.7 Å². The van der Waals surface area contributed by atoms with Crippen molar-refractivity contribution in [2.75, 3.05) is 11.9 Å². The summed E-state index contributed by atoms with van der Waals surface area (Å²) >= 11 is 2.29. The second kappa shape index (κ2) is 6.39. The lowest BCUT2D eigenvalue weighted by molar-refractivity contribution is 0.475. The van der Waals surface area contributed by atoms with Crippen LogP contribution in [-0.2, 0) is 0 Å². The lowest BCUT2D eigenvalue weighted by Crippen LogP contribution is -2.09. The molecule has 1 aromatic heterocycles. The summed E-state index contributed by atoms with van der Waals surface area (Å²) < 4.78 is 1.06. The van der Waals surface area contributed by atoms with Crippen LogP contribution in [0, 0.1) is 3.57 Å². The Morgan fingerprint density at radius 3 is 2.65 bits per heavy atom. The number of aromatic nitrogens is 2. The molecule has 106 valence electrons. The zero-order chi connectivity index (χ0) is 14.7. The third-order valence-corrected chi connectivity index (χ3v) is 3.94. The molecule has 0 bridgehead atoms. The second-order valence-corrected chi connectivity index (χ2v) is 5.91. The summed E-state index contributed by atoms with van der Waals surface area (Å²) in [4.78, 5) is 9.23. The summed E-state index contributed by atoms with van der Waals surface area (Å²) in [5, 5.41) is 12.9. The third-order valence-electron chi connectivity index (χ3n) is 2.87. The average Bonchev–Trinajstić information content (AvgIpc) is 2.41. The van der Waals surface area contributed by atoms with E-state index in [1.807, 2.05) is 13.0 Å². The van der Waals surface area contributed by atoms with Crippen molar-refractivity contribution in [3.8, 4) is 17.1 Å². The van der Waals surface area contributed by atoms with Gasteiger partial charge in [0.1, 0.15) is 11.6 Å². The van der Waals surface area contributed by atoms with Gasteiger partial charge in [0, 0.05) is 12.1 Å². The van der Waals surface area contributed by atoms with E-state index in [9.17, 15) is 5.11 Å². The predicted octanol–water partition coefficient (Wildman–Crippen LogP) is 4.01. The molecule has 0 amide bonds. The third kappa shape index (κ3) is 3.20. The van der Waals surface area contributed by atoms with Crippen molar-refractivity contribution in [2.45, 2.75) is 26.7 Å². The van der Waals surface area contributed by atoms with Gasteiger partial charge in [-0.3, -0.25) is 0 Å². The highest BCUT2D eigenvalue weighted by Gasteiger charge is 2.15. The van der Waals surface area contributed by atoms with E-state index in [1.54, 1.807) is 18.2 Å². The van der Waals surface area contributed by atoms with E-state index in [1.165, 1.54) is 0 Å². The second-order valence-electron chi connectivity index (χ2n) is 4.83. The molecule has 2 N–H and O–H groups in total. The maximum Gasteiger partial charge on any atom is 0.161 e. The first kappa shape index (κ1) is 15.0. The Bertz CT molecular complexity index is 614. The first-order chi connectivity index (χ1) is 9.52. The molecule has 0 saturated heterocycles. The lowest BCUT2D eigenvalue weighted by atomic mass is 10.1. The van der Waals surface area contributed by atoms with Gasteiger partial charge in [0.15, 0.2) is 5.82 Å². The van der Waals surface area contributed by atoms with Crippen molar-refractivity contribution in [1.82, 2.24) is 9.97 Å². The molecular weight excluding hydrogens is 365 g/mol. The SMILES string of the molecule is CCNc1nc(-c2cccc(O)c2)nc(C(C)C)c1I. The van der Waals surface area contributed by atoms with Crippen LogP contribution in [0.4, 0.5) is 5.82 Å². The number of hydrogen-bond donors (Lipinski definition) is 2. The Hall–Kier alpha value is -1.37. The Labute approximate surface area is 132 Å². The average molecular weight is 383 g/mol. The van der Waals surface area contributed by atoms with Crippen molar-refractivity contribution in [1.29, 1.82) is 0 Å². The van der Waals surface area contributed by atoms with Gasteiger partial charge >= 0.3 is 0 Å². The molecule has 2 aromatic rings. The molecule has 20 heavy (non-hydrogen) atoms. The molecule has 0 aliphatic rings. The molecule has 0 spiro atoms. The number of benzene rings is 1. The van der Waals surface area contributed by atoms with Crippen molar-refractivity contribution in [3.63, 3.8) is 0 Å². The quantitative estimate of drug-likeness (QED) is 0.784. The van der Waals surface area contributed by atoms with E-state index in [-0.39, 0.29) is 5.75 Å².